The van der Waals surface area contributed by atoms with Gasteiger partial charge >= 0.3 is 21.1 Å². The van der Waals surface area contributed by atoms with Crippen LogP contribution in [-0.2, 0) is 69.1 Å². The molecule has 0 fully saturated rings. The largest absolute Gasteiger partial charge is 2.00 e. The van der Waals surface area contributed by atoms with Crippen LogP contribution in [0.3, 0.4) is 0 Å². The molecule has 0 saturated heterocycles. The van der Waals surface area contributed by atoms with Crippen molar-refractivity contribution in [3.63, 3.8) is 0 Å². The van der Waals surface area contributed by atoms with E-state index in [2.05, 4.69) is 364 Å². The molecule has 0 spiro atoms. The first-order valence-corrected chi connectivity index (χ1v) is 31.0. The third kappa shape index (κ3) is 19.3. The first kappa shape index (κ1) is 65.2. The SMILES string of the molecule is [Pt+2].[Pt].[SH-].[SH-].c1ccc(P(c2ccccc2)c2ccccc2)cc1.c1ccc(P(c2ccccc2)c2ccccc2)cc1.c1ccc(P(c2ccccc2)c2ccccc2)cc1.c1ccc(P(c2ccccc2)c2ccccc2)cc1. The fraction of sp³-hybridized carbons (Fsp3) is 0. The number of thiol groups is 2. The van der Waals surface area contributed by atoms with Crippen LogP contribution in [0.2, 0.25) is 0 Å². The Bertz CT molecular complexity index is 2600. The molecule has 80 heavy (non-hydrogen) atoms. The molecule has 0 unspecified atom stereocenters. The Kier molecular flexibility index (Phi) is 30.0. The minimum Gasteiger partial charge on any atom is -0.813 e. The molecule has 0 N–H and O–H groups in total. The van der Waals surface area contributed by atoms with Crippen LogP contribution >= 0.6 is 31.7 Å². The van der Waals surface area contributed by atoms with Gasteiger partial charge in [0.1, 0.15) is 0 Å². The van der Waals surface area contributed by atoms with Crippen molar-refractivity contribution in [2.45, 2.75) is 0 Å². The molecule has 0 bridgehead atoms. The van der Waals surface area contributed by atoms with E-state index in [1.165, 1.54) is 63.7 Å². The van der Waals surface area contributed by atoms with Crippen molar-refractivity contribution in [2.75, 3.05) is 0 Å². The molecular weight excluding hydrogens is 1440 g/mol. The van der Waals surface area contributed by atoms with E-state index in [0.717, 1.165) is 0 Å². The average Bonchev–Trinajstić information content (AvgIpc) is 3.52. The van der Waals surface area contributed by atoms with E-state index in [0.29, 0.717) is 0 Å². The van der Waals surface area contributed by atoms with E-state index in [9.17, 15) is 0 Å². The fourth-order valence-corrected chi connectivity index (χ4v) is 17.9. The van der Waals surface area contributed by atoms with Crippen molar-refractivity contribution >= 4 is 122 Å². The van der Waals surface area contributed by atoms with Crippen molar-refractivity contribution in [3.8, 4) is 0 Å². The monoisotopic (exact) mass is 1500 g/mol. The zero-order chi connectivity index (χ0) is 51.7. The molecule has 0 aliphatic rings. The standard InChI is InChI=1S/4C18H15P.2Pt.2H2S/c4*1-4-10-16(11-5-1)19(17-12-6-2-7-13-17)18-14-8-3-9-15-18;;;;/h4*1-15H;;;2*1H2/q;;;;;+2;;/p-2. The van der Waals surface area contributed by atoms with Crippen molar-refractivity contribution in [2.24, 2.45) is 0 Å². The molecule has 0 saturated carbocycles. The van der Waals surface area contributed by atoms with Gasteiger partial charge in [0.25, 0.3) is 0 Å². The minimum atomic E-state index is -0.446. The summed E-state index contributed by atoms with van der Waals surface area (Å²) >= 11 is 0. The molecule has 12 aromatic rings. The van der Waals surface area contributed by atoms with Gasteiger partial charge in [-0.05, 0) is 95.3 Å². The molecule has 0 nitrogen and oxygen atoms in total. The molecule has 402 valence electrons. The maximum atomic E-state index is 2.23. The summed E-state index contributed by atoms with van der Waals surface area (Å²) in [5, 5.41) is 16.8. The Labute approximate surface area is 523 Å². The molecule has 0 aliphatic carbocycles. The van der Waals surface area contributed by atoms with Gasteiger partial charge in [-0.25, -0.2) is 0 Å². The summed E-state index contributed by atoms with van der Waals surface area (Å²) < 4.78 is 0. The van der Waals surface area contributed by atoms with Crippen LogP contribution in [0, 0.1) is 0 Å². The van der Waals surface area contributed by atoms with Crippen LogP contribution < -0.4 is 63.7 Å². The van der Waals surface area contributed by atoms with Gasteiger partial charge in [0.2, 0.25) is 0 Å². The van der Waals surface area contributed by atoms with E-state index < -0.39 is 31.7 Å². The van der Waals surface area contributed by atoms with Gasteiger partial charge in [-0.1, -0.05) is 364 Å². The maximum Gasteiger partial charge on any atom is 2.00 e. The van der Waals surface area contributed by atoms with E-state index in [-0.39, 0.29) is 69.1 Å². The molecule has 12 aromatic carbocycles. The van der Waals surface area contributed by atoms with Crippen molar-refractivity contribution < 1.29 is 42.1 Å². The second kappa shape index (κ2) is 36.7. The summed E-state index contributed by atoms with van der Waals surface area (Å²) in [6, 6.07) is 129. The van der Waals surface area contributed by atoms with Gasteiger partial charge in [-0.15, -0.1) is 0 Å². The Balaban J connectivity index is 0.000000193. The second-order valence-electron chi connectivity index (χ2n) is 17.4. The van der Waals surface area contributed by atoms with Crippen LogP contribution in [0.15, 0.2) is 364 Å². The predicted molar refractivity (Wildman–Crippen MR) is 358 cm³/mol. The fourth-order valence-electron chi connectivity index (χ4n) is 8.71. The summed E-state index contributed by atoms with van der Waals surface area (Å²) in [5.74, 6) is 0. The van der Waals surface area contributed by atoms with Crippen molar-refractivity contribution in [1.82, 2.24) is 0 Å². The van der Waals surface area contributed by atoms with E-state index in [1.807, 2.05) is 0 Å². The van der Waals surface area contributed by atoms with Crippen LogP contribution in [0.25, 0.3) is 0 Å². The molecule has 8 heteroatoms. The molecule has 0 aliphatic heterocycles. The first-order chi connectivity index (χ1) is 37.8. The molecule has 0 aromatic heterocycles. The van der Waals surface area contributed by atoms with Crippen LogP contribution in [0.5, 0.6) is 0 Å². The van der Waals surface area contributed by atoms with Gasteiger partial charge in [0, 0.05) is 21.1 Å². The molecule has 0 amide bonds. The molecule has 0 radical (unpaired) electrons. The van der Waals surface area contributed by atoms with Crippen LogP contribution in [0.4, 0.5) is 0 Å². The average molecular weight is 1510 g/mol. The Morgan fingerprint density at radius 1 is 0.125 bits per heavy atom. The smallest absolute Gasteiger partial charge is 0.813 e. The zero-order valence-electron chi connectivity index (χ0n) is 44.0. The van der Waals surface area contributed by atoms with E-state index >= 15 is 0 Å². The summed E-state index contributed by atoms with van der Waals surface area (Å²) in [6.45, 7) is 0. The maximum absolute atomic E-state index is 2.23. The molecule has 0 heterocycles. The quantitative estimate of drug-likeness (QED) is 0.0679. The summed E-state index contributed by atoms with van der Waals surface area (Å²) in [4.78, 5) is 0. The number of hydrogen-bond donors (Lipinski definition) is 0. The summed E-state index contributed by atoms with van der Waals surface area (Å²) in [7, 11) is -1.78. The van der Waals surface area contributed by atoms with Gasteiger partial charge in [0.05, 0.1) is 0 Å². The molecule has 12 rings (SSSR count). The van der Waals surface area contributed by atoms with Gasteiger partial charge in [0.15, 0.2) is 0 Å². The minimum absolute atomic E-state index is 0. The summed E-state index contributed by atoms with van der Waals surface area (Å²) in [5.41, 5.74) is 0. The summed E-state index contributed by atoms with van der Waals surface area (Å²) in [6.07, 6.45) is 0. The van der Waals surface area contributed by atoms with Gasteiger partial charge in [-0.2, -0.15) is 0 Å². The van der Waals surface area contributed by atoms with E-state index in [1.54, 1.807) is 0 Å². The number of rotatable bonds is 12. The van der Waals surface area contributed by atoms with Gasteiger partial charge in [-0.3, -0.25) is 0 Å². The Morgan fingerprint density at radius 2 is 0.188 bits per heavy atom. The Morgan fingerprint density at radius 3 is 0.250 bits per heavy atom. The second-order valence-corrected chi connectivity index (χ2v) is 26.2. The first-order valence-electron chi connectivity index (χ1n) is 25.6. The molecular formula is C72H62P4Pt2S2. The van der Waals surface area contributed by atoms with Crippen LogP contribution in [-0.4, -0.2) is 0 Å². The third-order valence-electron chi connectivity index (χ3n) is 12.2. The normalized spacial score (nSPS) is 10.1. The molecule has 0 atom stereocenters. The van der Waals surface area contributed by atoms with Crippen molar-refractivity contribution in [3.05, 3.63) is 364 Å². The number of hydrogen-bond acceptors (Lipinski definition) is 2. The van der Waals surface area contributed by atoms with Gasteiger partial charge < -0.3 is 27.0 Å². The third-order valence-corrected chi connectivity index (χ3v) is 21.9. The van der Waals surface area contributed by atoms with E-state index in [4.69, 9.17) is 0 Å². The number of benzene rings is 12. The topological polar surface area (TPSA) is 0 Å². The van der Waals surface area contributed by atoms with Crippen LogP contribution in [0.1, 0.15) is 0 Å². The Hall–Kier alpha value is -5.56. The van der Waals surface area contributed by atoms with Crippen molar-refractivity contribution in [1.29, 1.82) is 0 Å². The predicted octanol–water partition coefficient (Wildman–Crippen LogP) is 13.2. The zero-order valence-corrected chi connectivity index (χ0v) is 53.9.